The smallest absolute Gasteiger partial charge is 0.265 e. The molecule has 0 spiro atoms. The van der Waals surface area contributed by atoms with Crippen LogP contribution in [0.1, 0.15) is 6.92 Å². The SMILES string of the molecule is COc1cc(-c2nc3cc(NC(=O)[C@@H](C)Oc4ccc(Cl)cc4Cl)ccc3o2)cc(OC)c1OC. The first-order chi connectivity index (χ1) is 16.8. The number of fused-ring (bicyclic) bond motifs is 1. The molecule has 0 aliphatic rings. The van der Waals surface area contributed by atoms with Crippen LogP contribution in [0.15, 0.2) is 52.9 Å². The third kappa shape index (κ3) is 5.23. The van der Waals surface area contributed by atoms with Gasteiger partial charge in [-0.2, -0.15) is 0 Å². The third-order valence-electron chi connectivity index (χ3n) is 5.13. The lowest BCUT2D eigenvalue weighted by Crippen LogP contribution is -2.30. The summed E-state index contributed by atoms with van der Waals surface area (Å²) in [5.41, 5.74) is 2.28. The Morgan fingerprint density at radius 1 is 0.943 bits per heavy atom. The molecule has 182 valence electrons. The molecule has 3 aromatic carbocycles. The molecule has 4 rings (SSSR count). The van der Waals surface area contributed by atoms with E-state index in [4.69, 9.17) is 46.6 Å². The summed E-state index contributed by atoms with van der Waals surface area (Å²) in [5.74, 6) is 1.79. The molecule has 1 N–H and O–H groups in total. The Balaban J connectivity index is 1.54. The van der Waals surface area contributed by atoms with Crippen molar-refractivity contribution in [1.82, 2.24) is 4.98 Å². The molecule has 8 nitrogen and oxygen atoms in total. The number of ether oxygens (including phenoxy) is 4. The Hall–Kier alpha value is -3.62. The Bertz CT molecular complexity index is 1360. The van der Waals surface area contributed by atoms with Crippen LogP contribution in [0.3, 0.4) is 0 Å². The Labute approximate surface area is 211 Å². The van der Waals surface area contributed by atoms with Gasteiger partial charge < -0.3 is 28.7 Å². The van der Waals surface area contributed by atoms with E-state index in [9.17, 15) is 4.79 Å². The number of amides is 1. The number of hydrogen-bond acceptors (Lipinski definition) is 7. The molecule has 35 heavy (non-hydrogen) atoms. The van der Waals surface area contributed by atoms with Gasteiger partial charge in [0, 0.05) is 16.3 Å². The zero-order valence-electron chi connectivity index (χ0n) is 19.3. The minimum Gasteiger partial charge on any atom is -0.493 e. The van der Waals surface area contributed by atoms with Crippen molar-refractivity contribution >= 4 is 45.9 Å². The second-order valence-electron chi connectivity index (χ2n) is 7.44. The maximum absolute atomic E-state index is 12.7. The van der Waals surface area contributed by atoms with Gasteiger partial charge in [-0.15, -0.1) is 0 Å². The van der Waals surface area contributed by atoms with Gasteiger partial charge in [-0.25, -0.2) is 4.98 Å². The van der Waals surface area contributed by atoms with E-state index in [-0.39, 0.29) is 5.91 Å². The molecule has 0 aliphatic heterocycles. The largest absolute Gasteiger partial charge is 0.493 e. The van der Waals surface area contributed by atoms with Gasteiger partial charge in [0.2, 0.25) is 11.6 Å². The number of anilines is 1. The molecule has 1 heterocycles. The van der Waals surface area contributed by atoms with Crippen molar-refractivity contribution < 1.29 is 28.2 Å². The highest BCUT2D eigenvalue weighted by molar-refractivity contribution is 6.35. The summed E-state index contributed by atoms with van der Waals surface area (Å²) >= 11 is 12.0. The van der Waals surface area contributed by atoms with Crippen LogP contribution >= 0.6 is 23.2 Å². The van der Waals surface area contributed by atoms with Crippen molar-refractivity contribution in [3.63, 3.8) is 0 Å². The van der Waals surface area contributed by atoms with Crippen LogP contribution < -0.4 is 24.3 Å². The van der Waals surface area contributed by atoms with Crippen LogP contribution in [-0.2, 0) is 4.79 Å². The van der Waals surface area contributed by atoms with Gasteiger partial charge in [-0.1, -0.05) is 23.2 Å². The number of oxazole rings is 1. The van der Waals surface area contributed by atoms with E-state index in [2.05, 4.69) is 10.3 Å². The Kier molecular flexibility index (Phi) is 7.23. The molecule has 0 bridgehead atoms. The summed E-state index contributed by atoms with van der Waals surface area (Å²) in [6, 6.07) is 13.4. The van der Waals surface area contributed by atoms with Crippen molar-refractivity contribution in [2.45, 2.75) is 13.0 Å². The highest BCUT2D eigenvalue weighted by Gasteiger charge is 2.19. The minimum atomic E-state index is -0.809. The summed E-state index contributed by atoms with van der Waals surface area (Å²) in [4.78, 5) is 17.2. The average molecular weight is 517 g/mol. The van der Waals surface area contributed by atoms with Gasteiger partial charge in [0.05, 0.1) is 26.4 Å². The van der Waals surface area contributed by atoms with Crippen LogP contribution in [0.25, 0.3) is 22.6 Å². The van der Waals surface area contributed by atoms with Crippen LogP contribution in [0.5, 0.6) is 23.0 Å². The van der Waals surface area contributed by atoms with Gasteiger partial charge in [-0.3, -0.25) is 4.79 Å². The van der Waals surface area contributed by atoms with Crippen LogP contribution in [0.2, 0.25) is 10.0 Å². The number of nitrogens with one attached hydrogen (secondary N) is 1. The molecule has 4 aromatic rings. The number of nitrogens with zero attached hydrogens (tertiary/aromatic N) is 1. The highest BCUT2D eigenvalue weighted by atomic mass is 35.5. The Morgan fingerprint density at radius 2 is 1.66 bits per heavy atom. The predicted molar refractivity (Wildman–Crippen MR) is 134 cm³/mol. The molecule has 0 saturated carbocycles. The van der Waals surface area contributed by atoms with E-state index in [1.54, 1.807) is 55.5 Å². The van der Waals surface area contributed by atoms with Gasteiger partial charge in [0.1, 0.15) is 11.3 Å². The minimum absolute atomic E-state index is 0.320. The molecule has 0 unspecified atom stereocenters. The Morgan fingerprint density at radius 3 is 2.29 bits per heavy atom. The standard InChI is InChI=1S/C25H22Cl2N2O6/c1-13(34-19-7-5-15(26)11-17(19)27)24(30)28-16-6-8-20-18(12-16)29-25(35-20)14-9-21(31-2)23(33-4)22(10-14)32-3/h5-13H,1-4H3,(H,28,30)/t13-/m1/s1. The topological polar surface area (TPSA) is 92.1 Å². The molecule has 0 aliphatic carbocycles. The molecule has 1 amide bonds. The fourth-order valence-electron chi connectivity index (χ4n) is 3.39. The number of halogens is 2. The van der Waals surface area contributed by atoms with E-state index in [0.29, 0.717) is 61.3 Å². The lowest BCUT2D eigenvalue weighted by Gasteiger charge is -2.15. The zero-order chi connectivity index (χ0) is 25.1. The van der Waals surface area contributed by atoms with Crippen molar-refractivity contribution in [1.29, 1.82) is 0 Å². The number of rotatable bonds is 8. The maximum atomic E-state index is 12.7. The lowest BCUT2D eigenvalue weighted by molar-refractivity contribution is -0.122. The number of benzene rings is 3. The lowest BCUT2D eigenvalue weighted by atomic mass is 10.2. The number of hydrogen-bond donors (Lipinski definition) is 1. The first-order valence-electron chi connectivity index (χ1n) is 10.5. The normalized spacial score (nSPS) is 11.7. The predicted octanol–water partition coefficient (Wildman–Crippen LogP) is 6.23. The molecule has 0 saturated heterocycles. The summed E-state index contributed by atoms with van der Waals surface area (Å²) < 4.78 is 27.8. The fourth-order valence-corrected chi connectivity index (χ4v) is 3.84. The second kappa shape index (κ2) is 10.3. The summed E-state index contributed by atoms with van der Waals surface area (Å²) in [6.07, 6.45) is -0.809. The molecule has 1 aromatic heterocycles. The number of carbonyl (C=O) groups is 1. The monoisotopic (exact) mass is 516 g/mol. The van der Waals surface area contributed by atoms with Crippen LogP contribution in [-0.4, -0.2) is 38.3 Å². The van der Waals surface area contributed by atoms with Crippen molar-refractivity contribution in [3.8, 4) is 34.5 Å². The highest BCUT2D eigenvalue weighted by Crippen LogP contribution is 2.41. The first-order valence-corrected chi connectivity index (χ1v) is 11.2. The van der Waals surface area contributed by atoms with Crippen molar-refractivity contribution in [2.75, 3.05) is 26.6 Å². The van der Waals surface area contributed by atoms with Gasteiger partial charge >= 0.3 is 0 Å². The molecular formula is C25H22Cl2N2O6. The quantitative estimate of drug-likeness (QED) is 0.296. The third-order valence-corrected chi connectivity index (χ3v) is 5.66. The number of carbonyl (C=O) groups excluding carboxylic acids is 1. The van der Waals surface area contributed by atoms with E-state index >= 15 is 0 Å². The zero-order valence-corrected chi connectivity index (χ0v) is 20.9. The van der Waals surface area contributed by atoms with Crippen LogP contribution in [0.4, 0.5) is 5.69 Å². The molecular weight excluding hydrogens is 495 g/mol. The molecule has 10 heteroatoms. The molecule has 0 fully saturated rings. The van der Waals surface area contributed by atoms with Gasteiger partial charge in [-0.05, 0) is 55.5 Å². The summed E-state index contributed by atoms with van der Waals surface area (Å²) in [7, 11) is 4.60. The summed E-state index contributed by atoms with van der Waals surface area (Å²) in [6.45, 7) is 1.62. The van der Waals surface area contributed by atoms with E-state index in [1.165, 1.54) is 21.3 Å². The second-order valence-corrected chi connectivity index (χ2v) is 8.28. The van der Waals surface area contributed by atoms with Crippen LogP contribution in [0, 0.1) is 0 Å². The number of methoxy groups -OCH3 is 3. The van der Waals surface area contributed by atoms with E-state index < -0.39 is 6.10 Å². The maximum Gasteiger partial charge on any atom is 0.265 e. The van der Waals surface area contributed by atoms with E-state index in [1.807, 2.05) is 0 Å². The molecule has 0 radical (unpaired) electrons. The average Bonchev–Trinajstić information content (AvgIpc) is 3.28. The van der Waals surface area contributed by atoms with Crippen molar-refractivity contribution in [2.24, 2.45) is 0 Å². The van der Waals surface area contributed by atoms with Gasteiger partial charge in [0.15, 0.2) is 23.2 Å². The fraction of sp³-hybridized carbons (Fsp3) is 0.200. The van der Waals surface area contributed by atoms with E-state index in [0.717, 1.165) is 0 Å². The first kappa shape index (κ1) is 24.5. The van der Waals surface area contributed by atoms with Gasteiger partial charge in [0.25, 0.3) is 5.91 Å². The van der Waals surface area contributed by atoms with Crippen molar-refractivity contribution in [3.05, 3.63) is 58.6 Å². The molecule has 1 atom stereocenters. The number of aromatic nitrogens is 1. The summed E-state index contributed by atoms with van der Waals surface area (Å²) in [5, 5.41) is 3.61.